The molecular formula is C18H17N3O4. The normalized spacial score (nSPS) is 11.5. The van der Waals surface area contributed by atoms with Gasteiger partial charge in [-0.3, -0.25) is 10.1 Å². The van der Waals surface area contributed by atoms with Crippen molar-refractivity contribution in [1.82, 2.24) is 9.78 Å². The van der Waals surface area contributed by atoms with Crippen LogP contribution in [0.2, 0.25) is 0 Å². The second-order valence-electron chi connectivity index (χ2n) is 6.57. The molecule has 0 saturated carbocycles. The molecule has 7 heteroatoms. The van der Waals surface area contributed by atoms with Crippen molar-refractivity contribution in [3.8, 4) is 11.3 Å². The number of nitrogens with zero attached hydrogens (tertiary/aromatic N) is 3. The number of carbonyl (C=O) groups is 1. The number of carbonyl (C=O) groups excluding carboxylic acids is 1. The van der Waals surface area contributed by atoms with Crippen LogP contribution in [0.3, 0.4) is 0 Å². The lowest BCUT2D eigenvalue weighted by molar-refractivity contribution is -0.384. The number of nitro groups is 1. The third kappa shape index (κ3) is 3.35. The van der Waals surface area contributed by atoms with E-state index in [0.29, 0.717) is 16.6 Å². The van der Waals surface area contributed by atoms with Crippen LogP contribution < -0.4 is 0 Å². The Morgan fingerprint density at radius 1 is 1.16 bits per heavy atom. The second-order valence-corrected chi connectivity index (χ2v) is 6.57. The van der Waals surface area contributed by atoms with Gasteiger partial charge in [-0.25, -0.2) is 4.79 Å². The van der Waals surface area contributed by atoms with Crippen molar-refractivity contribution in [3.05, 3.63) is 58.6 Å². The van der Waals surface area contributed by atoms with E-state index in [9.17, 15) is 14.9 Å². The van der Waals surface area contributed by atoms with Gasteiger partial charge >= 0.3 is 6.09 Å². The molecule has 0 N–H and O–H groups in total. The topological polar surface area (TPSA) is 87.3 Å². The van der Waals surface area contributed by atoms with Crippen molar-refractivity contribution in [3.63, 3.8) is 0 Å². The lowest BCUT2D eigenvalue weighted by Crippen LogP contribution is -2.27. The van der Waals surface area contributed by atoms with Crippen LogP contribution in [0.1, 0.15) is 20.8 Å². The van der Waals surface area contributed by atoms with E-state index in [1.54, 1.807) is 26.8 Å². The summed E-state index contributed by atoms with van der Waals surface area (Å²) in [4.78, 5) is 23.1. The highest BCUT2D eigenvalue weighted by Gasteiger charge is 2.24. The van der Waals surface area contributed by atoms with Gasteiger partial charge in [0.05, 0.1) is 10.4 Å². The minimum atomic E-state index is -0.705. The number of benzene rings is 2. The molecule has 7 nitrogen and oxygen atoms in total. The zero-order valence-corrected chi connectivity index (χ0v) is 14.1. The van der Waals surface area contributed by atoms with Crippen LogP contribution >= 0.6 is 0 Å². The summed E-state index contributed by atoms with van der Waals surface area (Å²) >= 11 is 0. The van der Waals surface area contributed by atoms with Crippen LogP contribution in [0.15, 0.2) is 48.5 Å². The molecular weight excluding hydrogens is 322 g/mol. The molecule has 3 aromatic rings. The molecule has 0 atom stereocenters. The monoisotopic (exact) mass is 339 g/mol. The first kappa shape index (κ1) is 16.6. The Morgan fingerprint density at radius 2 is 1.84 bits per heavy atom. The molecule has 0 bridgehead atoms. The third-order valence-corrected chi connectivity index (χ3v) is 3.49. The van der Waals surface area contributed by atoms with Gasteiger partial charge in [-0.05, 0) is 26.8 Å². The summed E-state index contributed by atoms with van der Waals surface area (Å²) < 4.78 is 6.45. The summed E-state index contributed by atoms with van der Waals surface area (Å²) in [5.74, 6) is 0. The summed E-state index contributed by atoms with van der Waals surface area (Å²) in [6.07, 6.45) is -0.680. The predicted molar refractivity (Wildman–Crippen MR) is 93.5 cm³/mol. The number of nitro benzene ring substituents is 1. The Morgan fingerprint density at radius 3 is 2.44 bits per heavy atom. The number of hydrogen-bond donors (Lipinski definition) is 0. The molecule has 0 radical (unpaired) electrons. The Balaban J connectivity index is 2.22. The Kier molecular flexibility index (Phi) is 4.00. The molecule has 0 aliphatic rings. The van der Waals surface area contributed by atoms with Gasteiger partial charge in [-0.15, -0.1) is 0 Å². The average Bonchev–Trinajstić information content (AvgIpc) is 2.93. The zero-order chi connectivity index (χ0) is 18.2. The molecule has 2 aromatic carbocycles. The molecule has 3 rings (SSSR count). The molecule has 1 aromatic heterocycles. The fourth-order valence-electron chi connectivity index (χ4n) is 2.47. The summed E-state index contributed by atoms with van der Waals surface area (Å²) in [6.45, 7) is 5.24. The first-order chi connectivity index (χ1) is 11.8. The van der Waals surface area contributed by atoms with Gasteiger partial charge in [0.2, 0.25) is 0 Å². The van der Waals surface area contributed by atoms with Crippen molar-refractivity contribution in [1.29, 1.82) is 0 Å². The zero-order valence-electron chi connectivity index (χ0n) is 14.1. The highest BCUT2D eigenvalue weighted by molar-refractivity contribution is 5.98. The fourth-order valence-corrected chi connectivity index (χ4v) is 2.47. The van der Waals surface area contributed by atoms with Crippen LogP contribution in [0.4, 0.5) is 10.5 Å². The van der Waals surface area contributed by atoms with Crippen molar-refractivity contribution < 1.29 is 14.5 Å². The quantitative estimate of drug-likeness (QED) is 0.510. The molecule has 0 spiro atoms. The third-order valence-electron chi connectivity index (χ3n) is 3.49. The van der Waals surface area contributed by atoms with Crippen LogP contribution in [-0.2, 0) is 4.74 Å². The van der Waals surface area contributed by atoms with E-state index < -0.39 is 16.6 Å². The number of aromatic nitrogens is 2. The summed E-state index contributed by atoms with van der Waals surface area (Å²) in [5, 5.41) is 16.1. The van der Waals surface area contributed by atoms with Gasteiger partial charge in [0.25, 0.3) is 5.69 Å². The number of hydrogen-bond acceptors (Lipinski definition) is 5. The van der Waals surface area contributed by atoms with Gasteiger partial charge in [-0.1, -0.05) is 30.3 Å². The largest absolute Gasteiger partial charge is 0.442 e. The first-order valence-electron chi connectivity index (χ1n) is 7.72. The molecule has 0 unspecified atom stereocenters. The van der Waals surface area contributed by atoms with Gasteiger partial charge < -0.3 is 4.74 Å². The summed E-state index contributed by atoms with van der Waals surface area (Å²) in [5.41, 5.74) is 0.891. The first-order valence-corrected chi connectivity index (χ1v) is 7.72. The minimum absolute atomic E-state index is 0.114. The van der Waals surface area contributed by atoms with E-state index in [-0.39, 0.29) is 5.69 Å². The molecule has 0 amide bonds. The van der Waals surface area contributed by atoms with E-state index in [2.05, 4.69) is 5.10 Å². The SMILES string of the molecule is CC(C)(C)OC(=O)n1nc(-c2ccccc2)c2ccc([N+](=O)[O-])cc21. The van der Waals surface area contributed by atoms with Gasteiger partial charge in [0.15, 0.2) is 0 Å². The maximum absolute atomic E-state index is 12.5. The van der Waals surface area contributed by atoms with E-state index in [0.717, 1.165) is 10.2 Å². The lowest BCUT2D eigenvalue weighted by atomic mass is 10.1. The Labute approximate surface area is 144 Å². The maximum atomic E-state index is 12.5. The standard InChI is InChI=1S/C18H17N3O4/c1-18(2,3)25-17(22)20-15-11-13(21(23)24)9-10-14(15)16(19-20)12-7-5-4-6-8-12/h4-11H,1-3H3. The van der Waals surface area contributed by atoms with Crippen molar-refractivity contribution in [2.75, 3.05) is 0 Å². The molecule has 25 heavy (non-hydrogen) atoms. The number of ether oxygens (including phenoxy) is 1. The molecule has 0 aliphatic carbocycles. The van der Waals surface area contributed by atoms with Gasteiger partial charge in [-0.2, -0.15) is 9.78 Å². The van der Waals surface area contributed by atoms with E-state index >= 15 is 0 Å². The Hall–Kier alpha value is -3.22. The number of non-ortho nitro benzene ring substituents is 1. The van der Waals surface area contributed by atoms with Crippen molar-refractivity contribution in [2.24, 2.45) is 0 Å². The summed E-state index contributed by atoms with van der Waals surface area (Å²) in [7, 11) is 0. The second kappa shape index (κ2) is 6.01. The molecule has 128 valence electrons. The average molecular weight is 339 g/mol. The highest BCUT2D eigenvalue weighted by Crippen LogP contribution is 2.30. The van der Waals surface area contributed by atoms with E-state index in [1.807, 2.05) is 30.3 Å². The van der Waals surface area contributed by atoms with Crippen molar-refractivity contribution in [2.45, 2.75) is 26.4 Å². The lowest BCUT2D eigenvalue weighted by Gasteiger charge is -2.19. The number of fused-ring (bicyclic) bond motifs is 1. The van der Waals surface area contributed by atoms with Crippen LogP contribution in [0, 0.1) is 10.1 Å². The molecule has 0 saturated heterocycles. The molecule has 1 heterocycles. The number of rotatable bonds is 2. The van der Waals surface area contributed by atoms with Crippen LogP contribution in [0.5, 0.6) is 0 Å². The predicted octanol–water partition coefficient (Wildman–Crippen LogP) is 4.39. The molecule has 0 fully saturated rings. The summed E-state index contributed by atoms with van der Waals surface area (Å²) in [6, 6.07) is 13.7. The van der Waals surface area contributed by atoms with Gasteiger partial charge in [0.1, 0.15) is 11.3 Å². The highest BCUT2D eigenvalue weighted by atomic mass is 16.6. The van der Waals surface area contributed by atoms with Crippen molar-refractivity contribution >= 4 is 22.7 Å². The van der Waals surface area contributed by atoms with E-state index in [1.165, 1.54) is 12.1 Å². The van der Waals surface area contributed by atoms with Crippen LogP contribution in [0.25, 0.3) is 22.2 Å². The van der Waals surface area contributed by atoms with Gasteiger partial charge in [0, 0.05) is 23.1 Å². The maximum Gasteiger partial charge on any atom is 0.435 e. The Bertz CT molecular complexity index is 956. The molecule has 0 aliphatic heterocycles. The van der Waals surface area contributed by atoms with Crippen LogP contribution in [-0.4, -0.2) is 26.4 Å². The smallest absolute Gasteiger partial charge is 0.435 e. The van der Waals surface area contributed by atoms with E-state index in [4.69, 9.17) is 4.74 Å². The minimum Gasteiger partial charge on any atom is -0.442 e. The fraction of sp³-hybridized carbons (Fsp3) is 0.222.